The number of hydrogen-bond donors (Lipinski definition) is 1. The zero-order valence-corrected chi connectivity index (χ0v) is 10.9. The molecule has 0 spiro atoms. The van der Waals surface area contributed by atoms with E-state index in [0.29, 0.717) is 5.69 Å². The summed E-state index contributed by atoms with van der Waals surface area (Å²) < 4.78 is 27.9. The molecule has 2 rings (SSSR count). The van der Waals surface area contributed by atoms with Gasteiger partial charge >= 0.3 is 0 Å². The molecule has 0 radical (unpaired) electrons. The minimum absolute atomic E-state index is 0.0921. The maximum atomic E-state index is 13.5. The largest absolute Gasteiger partial charge is 0.386 e. The van der Waals surface area contributed by atoms with E-state index in [0.717, 1.165) is 18.2 Å². The monoisotopic (exact) mass is 266 g/mol. The van der Waals surface area contributed by atoms with Gasteiger partial charge in [-0.05, 0) is 24.1 Å². The Morgan fingerprint density at radius 3 is 2.63 bits per heavy atom. The molecule has 0 aliphatic rings. The lowest BCUT2D eigenvalue weighted by Crippen LogP contribution is -2.09. The smallest absolute Gasteiger partial charge is 0.129 e. The average molecular weight is 266 g/mol. The van der Waals surface area contributed by atoms with Crippen LogP contribution in [0.2, 0.25) is 0 Å². The summed E-state index contributed by atoms with van der Waals surface area (Å²) in [5, 5.41) is 14.4. The third-order valence-corrected chi connectivity index (χ3v) is 3.10. The quantitative estimate of drug-likeness (QED) is 0.923. The molecule has 0 saturated heterocycles. The Hall–Kier alpha value is -1.75. The molecule has 102 valence electrons. The van der Waals surface area contributed by atoms with Crippen LogP contribution in [0.4, 0.5) is 8.78 Å². The number of benzene rings is 1. The molecule has 0 amide bonds. The van der Waals surface area contributed by atoms with Crippen molar-refractivity contribution in [3.05, 3.63) is 52.9 Å². The number of halogens is 2. The molecule has 1 N–H and O–H groups in total. The molecule has 1 unspecified atom stereocenters. The van der Waals surface area contributed by atoms with Crippen molar-refractivity contribution in [2.75, 3.05) is 0 Å². The number of hydrogen-bond acceptors (Lipinski definition) is 2. The Balaban J connectivity index is 2.20. The van der Waals surface area contributed by atoms with Crippen LogP contribution in [0.3, 0.4) is 0 Å². The molecule has 1 aromatic heterocycles. The molecule has 1 aromatic carbocycles. The molecular formula is C14H16F2N2O. The molecule has 1 atom stereocenters. The van der Waals surface area contributed by atoms with Crippen LogP contribution in [-0.4, -0.2) is 14.9 Å². The van der Waals surface area contributed by atoms with Crippen LogP contribution in [0.25, 0.3) is 0 Å². The maximum absolute atomic E-state index is 13.5. The first kappa shape index (κ1) is 13.7. The van der Waals surface area contributed by atoms with E-state index in [-0.39, 0.29) is 12.0 Å². The highest BCUT2D eigenvalue weighted by molar-refractivity contribution is 5.22. The average Bonchev–Trinajstić information content (AvgIpc) is 2.74. The highest BCUT2D eigenvalue weighted by Crippen LogP contribution is 2.21. The summed E-state index contributed by atoms with van der Waals surface area (Å²) in [6, 6.07) is 5.16. The van der Waals surface area contributed by atoms with Crippen LogP contribution in [0.1, 0.15) is 30.0 Å². The molecule has 0 bridgehead atoms. The molecule has 2 aromatic rings. The van der Waals surface area contributed by atoms with Crippen molar-refractivity contribution in [3.8, 4) is 0 Å². The molecule has 3 nitrogen and oxygen atoms in total. The highest BCUT2D eigenvalue weighted by Gasteiger charge is 2.16. The van der Waals surface area contributed by atoms with Gasteiger partial charge in [-0.1, -0.05) is 13.0 Å². The van der Waals surface area contributed by atoms with Gasteiger partial charge in [0.2, 0.25) is 0 Å². The lowest BCUT2D eigenvalue weighted by Gasteiger charge is -2.11. The highest BCUT2D eigenvalue weighted by atomic mass is 19.1. The van der Waals surface area contributed by atoms with Gasteiger partial charge in [0.05, 0.1) is 17.5 Å². The Labute approximate surface area is 110 Å². The van der Waals surface area contributed by atoms with Gasteiger partial charge in [-0.25, -0.2) is 8.78 Å². The predicted octanol–water partition coefficient (Wildman–Crippen LogP) is 2.54. The standard InChI is InChI=1S/C14H16F2N2O/c1-3-11-8-13(18(2)17-11)14(19)6-9-4-5-10(15)7-12(9)16/h4-5,7-8,14,19H,3,6H2,1-2H3. The Morgan fingerprint density at radius 2 is 2.05 bits per heavy atom. The SMILES string of the molecule is CCc1cc(C(O)Cc2ccc(F)cc2F)n(C)n1. The second-order valence-corrected chi connectivity index (χ2v) is 4.49. The van der Waals surface area contributed by atoms with Crippen LogP contribution in [0.15, 0.2) is 24.3 Å². The summed E-state index contributed by atoms with van der Waals surface area (Å²) in [7, 11) is 1.73. The first-order valence-electron chi connectivity index (χ1n) is 6.16. The number of aliphatic hydroxyl groups excluding tert-OH is 1. The predicted molar refractivity (Wildman–Crippen MR) is 67.6 cm³/mol. The third-order valence-electron chi connectivity index (χ3n) is 3.10. The van der Waals surface area contributed by atoms with Crippen molar-refractivity contribution < 1.29 is 13.9 Å². The topological polar surface area (TPSA) is 38.0 Å². The lowest BCUT2D eigenvalue weighted by atomic mass is 10.0. The lowest BCUT2D eigenvalue weighted by molar-refractivity contribution is 0.167. The minimum Gasteiger partial charge on any atom is -0.386 e. The fourth-order valence-corrected chi connectivity index (χ4v) is 2.03. The van der Waals surface area contributed by atoms with Crippen LogP contribution in [0.5, 0.6) is 0 Å². The van der Waals surface area contributed by atoms with Crippen molar-refractivity contribution >= 4 is 0 Å². The van der Waals surface area contributed by atoms with E-state index in [9.17, 15) is 13.9 Å². The van der Waals surface area contributed by atoms with Gasteiger partial charge in [-0.3, -0.25) is 4.68 Å². The normalized spacial score (nSPS) is 12.7. The van der Waals surface area contributed by atoms with Gasteiger partial charge in [0.25, 0.3) is 0 Å². The van der Waals surface area contributed by atoms with E-state index in [1.54, 1.807) is 17.8 Å². The molecule has 0 saturated carbocycles. The summed E-state index contributed by atoms with van der Waals surface area (Å²) in [5.41, 5.74) is 1.78. The number of aliphatic hydroxyl groups is 1. The summed E-state index contributed by atoms with van der Waals surface area (Å²) in [5.74, 6) is -1.26. The third kappa shape index (κ3) is 2.98. The van der Waals surface area contributed by atoms with E-state index in [2.05, 4.69) is 5.10 Å². The molecule has 5 heteroatoms. The summed E-state index contributed by atoms with van der Waals surface area (Å²) in [6.45, 7) is 1.97. The Morgan fingerprint density at radius 1 is 1.32 bits per heavy atom. The Bertz CT molecular complexity index is 581. The number of aryl methyl sites for hydroxylation is 2. The van der Waals surface area contributed by atoms with Gasteiger partial charge in [-0.2, -0.15) is 5.10 Å². The van der Waals surface area contributed by atoms with Gasteiger partial charge < -0.3 is 5.11 Å². The van der Waals surface area contributed by atoms with Gasteiger partial charge in [0.1, 0.15) is 11.6 Å². The van der Waals surface area contributed by atoms with Crippen molar-refractivity contribution in [3.63, 3.8) is 0 Å². The number of aromatic nitrogens is 2. The van der Waals surface area contributed by atoms with Crippen LogP contribution < -0.4 is 0 Å². The molecular weight excluding hydrogens is 250 g/mol. The van der Waals surface area contributed by atoms with Crippen LogP contribution in [0, 0.1) is 11.6 Å². The zero-order valence-electron chi connectivity index (χ0n) is 10.9. The Kier molecular flexibility index (Phi) is 3.95. The van der Waals surface area contributed by atoms with E-state index < -0.39 is 17.7 Å². The summed E-state index contributed by atoms with van der Waals surface area (Å²) in [6.07, 6.45) is -0.00180. The first-order valence-corrected chi connectivity index (χ1v) is 6.16. The molecule has 1 heterocycles. The van der Waals surface area contributed by atoms with Gasteiger partial charge in [0, 0.05) is 19.5 Å². The summed E-state index contributed by atoms with van der Waals surface area (Å²) in [4.78, 5) is 0. The van der Waals surface area contributed by atoms with Crippen molar-refractivity contribution in [2.24, 2.45) is 7.05 Å². The number of rotatable bonds is 4. The fourth-order valence-electron chi connectivity index (χ4n) is 2.03. The maximum Gasteiger partial charge on any atom is 0.129 e. The molecule has 0 fully saturated rings. The van der Waals surface area contributed by atoms with Crippen LogP contribution >= 0.6 is 0 Å². The molecule has 0 aliphatic carbocycles. The number of nitrogens with zero attached hydrogens (tertiary/aromatic N) is 2. The summed E-state index contributed by atoms with van der Waals surface area (Å²) >= 11 is 0. The van der Waals surface area contributed by atoms with Crippen molar-refractivity contribution in [1.29, 1.82) is 0 Å². The second kappa shape index (κ2) is 5.48. The van der Waals surface area contributed by atoms with Crippen molar-refractivity contribution in [1.82, 2.24) is 9.78 Å². The van der Waals surface area contributed by atoms with Crippen molar-refractivity contribution in [2.45, 2.75) is 25.9 Å². The van der Waals surface area contributed by atoms with Gasteiger partial charge in [0.15, 0.2) is 0 Å². The minimum atomic E-state index is -0.863. The van der Waals surface area contributed by atoms with E-state index in [1.165, 1.54) is 12.1 Å². The van der Waals surface area contributed by atoms with E-state index in [4.69, 9.17) is 0 Å². The molecule has 0 aliphatic heterocycles. The van der Waals surface area contributed by atoms with E-state index in [1.807, 2.05) is 6.92 Å². The molecule has 19 heavy (non-hydrogen) atoms. The fraction of sp³-hybridized carbons (Fsp3) is 0.357. The second-order valence-electron chi connectivity index (χ2n) is 4.49. The van der Waals surface area contributed by atoms with Gasteiger partial charge in [-0.15, -0.1) is 0 Å². The van der Waals surface area contributed by atoms with Crippen LogP contribution in [-0.2, 0) is 19.9 Å². The zero-order chi connectivity index (χ0) is 14.0. The van der Waals surface area contributed by atoms with E-state index >= 15 is 0 Å². The first-order chi connectivity index (χ1) is 9.01.